The van der Waals surface area contributed by atoms with Crippen LogP contribution in [0.5, 0.6) is 0 Å². The number of amides is 2. The zero-order chi connectivity index (χ0) is 18.3. The van der Waals surface area contributed by atoms with Gasteiger partial charge >= 0.3 is 0 Å². The second kappa shape index (κ2) is 6.99. The van der Waals surface area contributed by atoms with E-state index in [4.69, 9.17) is 5.73 Å². The van der Waals surface area contributed by atoms with Crippen LogP contribution in [-0.2, 0) is 9.59 Å². The summed E-state index contributed by atoms with van der Waals surface area (Å²) in [5.41, 5.74) is 6.31. The van der Waals surface area contributed by atoms with Crippen LogP contribution in [0.2, 0.25) is 0 Å². The Morgan fingerprint density at radius 2 is 1.77 bits per heavy atom. The molecule has 2 bridgehead atoms. The van der Waals surface area contributed by atoms with Crippen LogP contribution in [0, 0.1) is 11.7 Å². The van der Waals surface area contributed by atoms with Crippen LogP contribution in [-0.4, -0.2) is 53.3 Å². The third-order valence-corrected chi connectivity index (χ3v) is 6.43. The quantitative estimate of drug-likeness (QED) is 0.873. The van der Waals surface area contributed by atoms with E-state index in [1.807, 2.05) is 12.1 Å². The molecule has 0 aliphatic carbocycles. The number of piperidine rings is 3. The number of carbonyl (C=O) groups excluding carboxylic acids is 2. The van der Waals surface area contributed by atoms with Crippen LogP contribution in [0.4, 0.5) is 4.39 Å². The van der Waals surface area contributed by atoms with Gasteiger partial charge < -0.3 is 10.6 Å². The van der Waals surface area contributed by atoms with Crippen LogP contribution < -0.4 is 5.73 Å². The Kier molecular flexibility index (Phi) is 4.69. The minimum absolute atomic E-state index is 0.125. The number of nitrogens with two attached hydrogens (primary N) is 1. The molecule has 1 aromatic rings. The molecule has 0 saturated carbocycles. The number of fused-ring (bicyclic) bond motifs is 2. The van der Waals surface area contributed by atoms with E-state index < -0.39 is 0 Å². The highest BCUT2D eigenvalue weighted by Crippen LogP contribution is 2.46. The highest BCUT2D eigenvalue weighted by molar-refractivity contribution is 5.79. The molecular formula is C20H26FN3O2. The third kappa shape index (κ3) is 3.11. The maximum absolute atomic E-state index is 13.4. The predicted molar refractivity (Wildman–Crippen MR) is 95.8 cm³/mol. The summed E-state index contributed by atoms with van der Waals surface area (Å²) < 4.78 is 13.4. The number of benzene rings is 1. The van der Waals surface area contributed by atoms with Crippen molar-refractivity contribution in [2.24, 2.45) is 11.7 Å². The average molecular weight is 359 g/mol. The highest BCUT2D eigenvalue weighted by atomic mass is 19.1. The summed E-state index contributed by atoms with van der Waals surface area (Å²) in [7, 11) is 0. The van der Waals surface area contributed by atoms with Crippen molar-refractivity contribution in [1.82, 2.24) is 9.80 Å². The minimum atomic E-state index is -0.357. The molecule has 26 heavy (non-hydrogen) atoms. The fraction of sp³-hybridized carbons (Fsp3) is 0.600. The van der Waals surface area contributed by atoms with Crippen molar-refractivity contribution in [3.05, 3.63) is 35.6 Å². The van der Waals surface area contributed by atoms with Crippen molar-refractivity contribution in [3.63, 3.8) is 0 Å². The lowest BCUT2D eigenvalue weighted by atomic mass is 9.75. The third-order valence-electron chi connectivity index (χ3n) is 6.43. The molecule has 0 radical (unpaired) electrons. The van der Waals surface area contributed by atoms with Gasteiger partial charge in [-0.15, -0.1) is 0 Å². The lowest BCUT2D eigenvalue weighted by Crippen LogP contribution is -2.60. The van der Waals surface area contributed by atoms with Crippen LogP contribution in [0.15, 0.2) is 24.3 Å². The first-order chi connectivity index (χ1) is 12.5. The summed E-state index contributed by atoms with van der Waals surface area (Å²) >= 11 is 0. The van der Waals surface area contributed by atoms with Crippen molar-refractivity contribution in [3.8, 4) is 0 Å². The van der Waals surface area contributed by atoms with E-state index in [2.05, 4.69) is 9.80 Å². The monoisotopic (exact) mass is 359 g/mol. The largest absolute Gasteiger partial charge is 0.370 e. The standard InChI is InChI=1S/C20H26FN3O2/c21-15-6-4-13(5-7-15)16-12-24(18(26)3-1-2-17(22)25)19-14-8-10-23(11-9-14)20(16)19/h4-7,14,16,19-20H,1-3,8-12H2,(H2,22,25). The second-order valence-corrected chi connectivity index (χ2v) is 7.88. The van der Waals surface area contributed by atoms with Crippen molar-refractivity contribution < 1.29 is 14.0 Å². The molecule has 2 amide bonds. The molecule has 5 nitrogen and oxygen atoms in total. The molecule has 6 heteroatoms. The lowest BCUT2D eigenvalue weighted by Gasteiger charge is -2.51. The van der Waals surface area contributed by atoms with E-state index in [-0.39, 0.29) is 36.0 Å². The molecular weight excluding hydrogens is 333 g/mol. The molecule has 4 fully saturated rings. The summed E-state index contributed by atoms with van der Waals surface area (Å²) in [5.74, 6) is 0.316. The molecule has 140 valence electrons. The minimum Gasteiger partial charge on any atom is -0.370 e. The molecule has 2 N–H and O–H groups in total. The maximum atomic E-state index is 13.4. The van der Waals surface area contributed by atoms with Gasteiger partial charge in [0.25, 0.3) is 0 Å². The van der Waals surface area contributed by atoms with Gasteiger partial charge in [-0.05, 0) is 56.0 Å². The number of nitrogens with zero attached hydrogens (tertiary/aromatic N) is 2. The van der Waals surface area contributed by atoms with Gasteiger partial charge in [-0.1, -0.05) is 12.1 Å². The van der Waals surface area contributed by atoms with Gasteiger partial charge in [0, 0.05) is 31.3 Å². The highest BCUT2D eigenvalue weighted by Gasteiger charge is 2.54. The van der Waals surface area contributed by atoms with Gasteiger partial charge in [0.15, 0.2) is 0 Å². The molecule has 1 aromatic carbocycles. The van der Waals surface area contributed by atoms with Crippen molar-refractivity contribution in [2.75, 3.05) is 19.6 Å². The number of hydrogen-bond acceptors (Lipinski definition) is 3. The number of primary amides is 1. The van der Waals surface area contributed by atoms with E-state index in [9.17, 15) is 14.0 Å². The molecule has 4 saturated heterocycles. The van der Waals surface area contributed by atoms with Gasteiger partial charge in [0.05, 0.1) is 6.04 Å². The van der Waals surface area contributed by atoms with Crippen molar-refractivity contribution in [2.45, 2.75) is 50.1 Å². The Hall–Kier alpha value is -1.95. The number of hydrogen-bond donors (Lipinski definition) is 1. The Balaban J connectivity index is 1.56. The van der Waals surface area contributed by atoms with Crippen molar-refractivity contribution in [1.29, 1.82) is 0 Å². The fourth-order valence-corrected chi connectivity index (χ4v) is 5.27. The van der Waals surface area contributed by atoms with Crippen LogP contribution in [0.1, 0.15) is 43.6 Å². The normalized spacial score (nSPS) is 32.5. The summed E-state index contributed by atoms with van der Waals surface area (Å²) in [6, 6.07) is 7.32. The van der Waals surface area contributed by atoms with Gasteiger partial charge in [0.1, 0.15) is 5.82 Å². The molecule has 0 spiro atoms. The first-order valence-electron chi connectivity index (χ1n) is 9.62. The fourth-order valence-electron chi connectivity index (χ4n) is 5.27. The number of rotatable bonds is 5. The Bertz CT molecular complexity index is 685. The molecule has 4 aliphatic heterocycles. The Labute approximate surface area is 153 Å². The zero-order valence-electron chi connectivity index (χ0n) is 14.9. The van der Waals surface area contributed by atoms with E-state index in [0.29, 0.717) is 31.3 Å². The second-order valence-electron chi connectivity index (χ2n) is 7.88. The first kappa shape index (κ1) is 17.5. The van der Waals surface area contributed by atoms with E-state index in [1.54, 1.807) is 0 Å². The number of carbonyl (C=O) groups is 2. The summed E-state index contributed by atoms with van der Waals surface area (Å²) in [6.07, 6.45) is 3.42. The molecule has 4 heterocycles. The number of likely N-dealkylation sites (tertiary alicyclic amines) is 1. The smallest absolute Gasteiger partial charge is 0.222 e. The SMILES string of the molecule is NC(=O)CCCC(=O)N1CC(c2ccc(F)cc2)C2C1C1CCN2CC1. The Morgan fingerprint density at radius 1 is 1.08 bits per heavy atom. The maximum Gasteiger partial charge on any atom is 0.222 e. The van der Waals surface area contributed by atoms with E-state index in [1.165, 1.54) is 12.1 Å². The molecule has 5 rings (SSSR count). The van der Waals surface area contributed by atoms with Crippen LogP contribution >= 0.6 is 0 Å². The molecule has 3 atom stereocenters. The number of halogens is 1. The van der Waals surface area contributed by atoms with Gasteiger partial charge in [-0.25, -0.2) is 4.39 Å². The summed E-state index contributed by atoms with van der Waals surface area (Å²) in [5, 5.41) is 0. The van der Waals surface area contributed by atoms with Gasteiger partial charge in [-0.3, -0.25) is 14.5 Å². The summed E-state index contributed by atoms with van der Waals surface area (Å²) in [6.45, 7) is 2.86. The summed E-state index contributed by atoms with van der Waals surface area (Å²) in [4.78, 5) is 28.4. The zero-order valence-corrected chi connectivity index (χ0v) is 14.9. The first-order valence-corrected chi connectivity index (χ1v) is 9.62. The molecule has 4 aliphatic rings. The molecule has 3 unspecified atom stereocenters. The van der Waals surface area contributed by atoms with E-state index in [0.717, 1.165) is 31.5 Å². The van der Waals surface area contributed by atoms with Crippen LogP contribution in [0.3, 0.4) is 0 Å². The lowest BCUT2D eigenvalue weighted by molar-refractivity contribution is -0.136. The average Bonchev–Trinajstić information content (AvgIpc) is 3.06. The predicted octanol–water partition coefficient (Wildman–Crippen LogP) is 1.87. The van der Waals surface area contributed by atoms with Gasteiger partial charge in [-0.2, -0.15) is 0 Å². The van der Waals surface area contributed by atoms with Crippen LogP contribution in [0.25, 0.3) is 0 Å². The van der Waals surface area contributed by atoms with Crippen molar-refractivity contribution >= 4 is 11.8 Å². The molecule has 0 aromatic heterocycles. The topological polar surface area (TPSA) is 66.6 Å². The Morgan fingerprint density at radius 3 is 2.42 bits per heavy atom. The van der Waals surface area contributed by atoms with Gasteiger partial charge in [0.2, 0.25) is 11.8 Å². The van der Waals surface area contributed by atoms with E-state index >= 15 is 0 Å².